The lowest BCUT2D eigenvalue weighted by Gasteiger charge is -2.65. The Balaban J connectivity index is 1.15. The maximum atomic E-state index is 12.2. The Morgan fingerprint density at radius 1 is 0.793 bits per heavy atom. The summed E-state index contributed by atoms with van der Waals surface area (Å²) in [5.74, 6) is -0.931. The van der Waals surface area contributed by atoms with Crippen molar-refractivity contribution < 1.29 is 74.1 Å². The molecule has 0 amide bonds. The largest absolute Gasteiger partial charge is 0.454 e. The van der Waals surface area contributed by atoms with Gasteiger partial charge in [0.1, 0.15) is 36.6 Å². The average molecular weight is 827 g/mol. The SMILES string of the molecule is CC(=O)O[C@H]1[C@H](O[C@H]2CCC34CC35CC[C@]3(C)C([C@@]6(C)CC[C@@H](C(C)(C)O)O6)[C@@H](O)C[C@@]3(C)C5C[C@H](O[C@@H]3O[C@H](CO)[C@@H](O)[C@H](O)[C@H]3O)C4C2(C)C)OC[C@@H](O)[C@@H]1O. The van der Waals surface area contributed by atoms with Crippen LogP contribution in [0.4, 0.5) is 0 Å². The van der Waals surface area contributed by atoms with E-state index < -0.39 is 103 Å². The van der Waals surface area contributed by atoms with Gasteiger partial charge in [0.25, 0.3) is 0 Å². The minimum Gasteiger partial charge on any atom is -0.454 e. The van der Waals surface area contributed by atoms with Crippen LogP contribution in [0.3, 0.4) is 0 Å². The number of rotatable bonds is 8. The van der Waals surface area contributed by atoms with E-state index in [4.69, 9.17) is 28.4 Å². The standard InChI is InChI=1S/C43H70O15/c1-20(45)54-32-28(48)22(47)18-53-36(32)57-26-10-12-43-19-42(43)14-13-39(6)33(41(8)11-9-27(58-41)38(4,5)52)21(46)16-40(39,7)25(42)15-23(34(43)37(26,2)3)55-35-31(51)30(50)29(49)24(17-44)56-35/h21-36,44,46-52H,9-19H2,1-8H3/t21-,22+,23-,24+,25?,26-,27-,28-,29+,30-,31+,32+,33?,34?,35+,36-,39+,40-,41+,42?,43?/m0/s1. The molecule has 5 unspecified atom stereocenters. The Hall–Kier alpha value is -1.05. The molecular weight excluding hydrogens is 756 g/mol. The highest BCUT2D eigenvalue weighted by Crippen LogP contribution is 2.89. The Labute approximate surface area is 341 Å². The zero-order valence-electron chi connectivity index (χ0n) is 35.5. The zero-order valence-corrected chi connectivity index (χ0v) is 35.5. The van der Waals surface area contributed by atoms with Crippen molar-refractivity contribution in [3.05, 3.63) is 0 Å². The molecule has 0 aromatic carbocycles. The van der Waals surface area contributed by atoms with E-state index in [0.717, 1.165) is 32.1 Å². The van der Waals surface area contributed by atoms with Crippen LogP contribution in [-0.4, -0.2) is 151 Å². The first-order chi connectivity index (χ1) is 26.9. The smallest absolute Gasteiger partial charge is 0.303 e. The molecule has 5 aliphatic carbocycles. The van der Waals surface area contributed by atoms with E-state index in [1.165, 1.54) is 6.92 Å². The summed E-state index contributed by atoms with van der Waals surface area (Å²) in [6, 6.07) is 0. The molecule has 8 rings (SSSR count). The summed E-state index contributed by atoms with van der Waals surface area (Å²) < 4.78 is 37.8. The number of esters is 1. The van der Waals surface area contributed by atoms with E-state index >= 15 is 0 Å². The second-order valence-corrected chi connectivity index (χ2v) is 21.6. The Morgan fingerprint density at radius 3 is 2.14 bits per heavy atom. The van der Waals surface area contributed by atoms with Gasteiger partial charge >= 0.3 is 5.97 Å². The van der Waals surface area contributed by atoms with Crippen LogP contribution < -0.4 is 0 Å². The average Bonchev–Trinajstić information content (AvgIpc) is 3.50. The fourth-order valence-corrected chi connectivity index (χ4v) is 15.2. The molecule has 0 aromatic rings. The quantitative estimate of drug-likeness (QED) is 0.127. The molecule has 58 heavy (non-hydrogen) atoms. The highest BCUT2D eigenvalue weighted by Gasteiger charge is 2.85. The van der Waals surface area contributed by atoms with Crippen LogP contribution >= 0.6 is 0 Å². The van der Waals surface area contributed by atoms with E-state index in [1.807, 2.05) is 0 Å². The normalized spacial score (nSPS) is 56.1. The molecular formula is C43H70O15. The summed E-state index contributed by atoms with van der Waals surface area (Å²) in [7, 11) is 0. The summed E-state index contributed by atoms with van der Waals surface area (Å²) in [5.41, 5.74) is -3.32. The molecule has 5 saturated carbocycles. The van der Waals surface area contributed by atoms with Crippen LogP contribution in [0.1, 0.15) is 113 Å². The van der Waals surface area contributed by atoms with Gasteiger partial charge in [-0.3, -0.25) is 4.79 Å². The minimum absolute atomic E-state index is 0.0829. The van der Waals surface area contributed by atoms with Crippen molar-refractivity contribution in [1.29, 1.82) is 0 Å². The highest BCUT2D eigenvalue weighted by molar-refractivity contribution is 5.66. The van der Waals surface area contributed by atoms with Crippen LogP contribution in [0.2, 0.25) is 0 Å². The first-order valence-electron chi connectivity index (χ1n) is 21.8. The van der Waals surface area contributed by atoms with Crippen molar-refractivity contribution in [1.82, 2.24) is 0 Å². The van der Waals surface area contributed by atoms with Gasteiger partial charge in [0.05, 0.1) is 48.8 Å². The maximum absolute atomic E-state index is 12.2. The number of carbonyl (C=O) groups excluding carboxylic acids is 1. The van der Waals surface area contributed by atoms with Crippen LogP contribution in [-0.2, 0) is 33.2 Å². The van der Waals surface area contributed by atoms with Crippen molar-refractivity contribution in [2.24, 2.45) is 44.8 Å². The van der Waals surface area contributed by atoms with Gasteiger partial charge in [0.2, 0.25) is 0 Å². The lowest BCUT2D eigenvalue weighted by molar-refractivity contribution is -0.339. The number of aliphatic hydroxyl groups is 8. The van der Waals surface area contributed by atoms with Gasteiger partial charge in [-0.15, -0.1) is 0 Å². The van der Waals surface area contributed by atoms with Gasteiger partial charge in [0, 0.05) is 12.8 Å². The van der Waals surface area contributed by atoms with Crippen molar-refractivity contribution in [3.8, 4) is 0 Å². The highest BCUT2D eigenvalue weighted by atomic mass is 16.7. The number of carbonyl (C=O) groups is 1. The molecule has 0 bridgehead atoms. The molecule has 8 fully saturated rings. The Bertz CT molecular complexity index is 1570. The summed E-state index contributed by atoms with van der Waals surface area (Å²) in [6.07, 6.45) is -7.66. The summed E-state index contributed by atoms with van der Waals surface area (Å²) in [6.45, 7) is 15.0. The number of aliphatic hydroxyl groups excluding tert-OH is 7. The fraction of sp³-hybridized carbons (Fsp3) is 0.977. The second kappa shape index (κ2) is 14.2. The predicted molar refractivity (Wildman–Crippen MR) is 203 cm³/mol. The molecule has 8 N–H and O–H groups in total. The maximum Gasteiger partial charge on any atom is 0.303 e. The lowest BCUT2D eigenvalue weighted by Crippen LogP contribution is -2.65. The zero-order chi connectivity index (χ0) is 42.3. The fourth-order valence-electron chi connectivity index (χ4n) is 15.2. The third kappa shape index (κ3) is 6.17. The van der Waals surface area contributed by atoms with Gasteiger partial charge in [-0.05, 0) is 117 Å². The molecule has 21 atom stereocenters. The molecule has 0 aromatic heterocycles. The molecule has 0 radical (unpaired) electrons. The Morgan fingerprint density at radius 2 is 1.50 bits per heavy atom. The molecule has 8 aliphatic rings. The van der Waals surface area contributed by atoms with Crippen LogP contribution in [0, 0.1) is 44.8 Å². The Kier molecular flexibility index (Phi) is 10.7. The van der Waals surface area contributed by atoms with Crippen molar-refractivity contribution in [2.75, 3.05) is 13.2 Å². The topological polar surface area (TPSA) is 234 Å². The summed E-state index contributed by atoms with van der Waals surface area (Å²) in [4.78, 5) is 12.1. The third-order valence-electron chi connectivity index (χ3n) is 17.9. The summed E-state index contributed by atoms with van der Waals surface area (Å²) >= 11 is 0. The van der Waals surface area contributed by atoms with Gasteiger partial charge in [-0.2, -0.15) is 0 Å². The van der Waals surface area contributed by atoms with E-state index in [2.05, 4.69) is 34.6 Å². The van der Waals surface area contributed by atoms with Crippen LogP contribution in [0.25, 0.3) is 0 Å². The number of hydrogen-bond donors (Lipinski definition) is 8. The second-order valence-electron chi connectivity index (χ2n) is 21.6. The van der Waals surface area contributed by atoms with E-state index in [1.54, 1.807) is 13.8 Å². The van der Waals surface area contributed by atoms with Gasteiger partial charge in [0.15, 0.2) is 18.7 Å². The molecule has 15 heteroatoms. The molecule has 3 saturated heterocycles. The van der Waals surface area contributed by atoms with Gasteiger partial charge in [-0.1, -0.05) is 27.7 Å². The summed E-state index contributed by atoms with van der Waals surface area (Å²) in [5, 5.41) is 87.3. The van der Waals surface area contributed by atoms with Crippen LogP contribution in [0.5, 0.6) is 0 Å². The predicted octanol–water partition coefficient (Wildman–Crippen LogP) is 1.29. The molecule has 2 spiro atoms. The van der Waals surface area contributed by atoms with E-state index in [9.17, 15) is 45.6 Å². The number of ether oxygens (including phenoxy) is 6. The van der Waals surface area contributed by atoms with Crippen molar-refractivity contribution >= 4 is 5.97 Å². The third-order valence-corrected chi connectivity index (χ3v) is 17.9. The minimum atomic E-state index is -1.62. The molecule has 332 valence electrons. The molecule has 3 aliphatic heterocycles. The lowest BCUT2D eigenvalue weighted by atomic mass is 9.41. The van der Waals surface area contributed by atoms with Gasteiger partial charge < -0.3 is 69.3 Å². The molecule has 15 nitrogen and oxygen atoms in total. The van der Waals surface area contributed by atoms with Gasteiger partial charge in [-0.25, -0.2) is 0 Å². The first kappa shape index (κ1) is 43.6. The number of hydrogen-bond acceptors (Lipinski definition) is 15. The monoisotopic (exact) mass is 826 g/mol. The van der Waals surface area contributed by atoms with Crippen LogP contribution in [0.15, 0.2) is 0 Å². The van der Waals surface area contributed by atoms with E-state index in [0.29, 0.717) is 25.7 Å². The number of fused-ring (bicyclic) bond motifs is 2. The van der Waals surface area contributed by atoms with Crippen molar-refractivity contribution in [2.45, 2.75) is 204 Å². The molecule has 3 heterocycles. The van der Waals surface area contributed by atoms with E-state index in [-0.39, 0.29) is 52.1 Å². The first-order valence-corrected chi connectivity index (χ1v) is 21.8. The van der Waals surface area contributed by atoms with Crippen molar-refractivity contribution in [3.63, 3.8) is 0 Å².